The van der Waals surface area contributed by atoms with Gasteiger partial charge in [0.25, 0.3) is 0 Å². The summed E-state index contributed by atoms with van der Waals surface area (Å²) < 4.78 is 12.2. The summed E-state index contributed by atoms with van der Waals surface area (Å²) in [6, 6.07) is 8.60. The average molecular weight is 267 g/mol. The normalized spacial score (nSPS) is 14.4. The minimum Gasteiger partial charge on any atom is -0.313 e. The fourth-order valence-electron chi connectivity index (χ4n) is 2.11. The Morgan fingerprint density at radius 3 is 2.61 bits per heavy atom. The maximum Gasteiger partial charge on any atom is 0.0488 e. The Morgan fingerprint density at radius 2 is 2.00 bits per heavy atom. The molecule has 0 bridgehead atoms. The van der Waals surface area contributed by atoms with Gasteiger partial charge in [-0.25, -0.2) is 0 Å². The number of benzene rings is 1. The van der Waals surface area contributed by atoms with Gasteiger partial charge in [-0.15, -0.1) is 0 Å². The van der Waals surface area contributed by atoms with Crippen LogP contribution in [0.5, 0.6) is 0 Å². The molecule has 0 aliphatic rings. The van der Waals surface area contributed by atoms with Crippen LogP contribution in [0, 0.1) is 6.92 Å². The smallest absolute Gasteiger partial charge is 0.0488 e. The largest absolute Gasteiger partial charge is 0.313 e. The number of hydrogen-bond donors (Lipinski definition) is 1. The highest BCUT2D eigenvalue weighted by Crippen LogP contribution is 2.11. The van der Waals surface area contributed by atoms with Crippen LogP contribution < -0.4 is 5.32 Å². The van der Waals surface area contributed by atoms with E-state index >= 15 is 0 Å². The van der Waals surface area contributed by atoms with Crippen molar-refractivity contribution >= 4 is 10.8 Å². The number of nitrogens with one attached hydrogen (secondary N) is 1. The second-order valence-electron chi connectivity index (χ2n) is 4.72. The molecule has 0 saturated carbocycles. The van der Waals surface area contributed by atoms with Gasteiger partial charge in [-0.2, -0.15) is 0 Å². The van der Waals surface area contributed by atoms with Crippen LogP contribution in [-0.4, -0.2) is 22.5 Å². The zero-order valence-corrected chi connectivity index (χ0v) is 12.6. The monoisotopic (exact) mass is 267 g/mol. The maximum absolute atomic E-state index is 12.2. The van der Waals surface area contributed by atoms with E-state index in [0.29, 0.717) is 11.8 Å². The molecular formula is C15H25NOS. The van der Waals surface area contributed by atoms with Gasteiger partial charge in [0.2, 0.25) is 0 Å². The summed E-state index contributed by atoms with van der Waals surface area (Å²) in [4.78, 5) is 0. The summed E-state index contributed by atoms with van der Waals surface area (Å²) in [7, 11) is -0.777. The molecule has 0 fully saturated rings. The lowest BCUT2D eigenvalue weighted by atomic mass is 10.1. The van der Waals surface area contributed by atoms with Crippen LogP contribution in [0.2, 0.25) is 0 Å². The summed E-state index contributed by atoms with van der Waals surface area (Å²) >= 11 is 0. The zero-order chi connectivity index (χ0) is 13.4. The molecule has 1 aromatic carbocycles. The van der Waals surface area contributed by atoms with Crippen molar-refractivity contribution in [3.8, 4) is 0 Å². The van der Waals surface area contributed by atoms with Crippen molar-refractivity contribution in [2.75, 3.05) is 12.3 Å². The average Bonchev–Trinajstić information content (AvgIpc) is 2.33. The van der Waals surface area contributed by atoms with Crippen LogP contribution in [0.4, 0.5) is 0 Å². The van der Waals surface area contributed by atoms with E-state index in [1.165, 1.54) is 11.1 Å². The fourth-order valence-corrected chi connectivity index (χ4v) is 3.63. The third kappa shape index (κ3) is 5.32. The summed E-state index contributed by atoms with van der Waals surface area (Å²) in [5, 5.41) is 3.42. The molecule has 2 atom stereocenters. The van der Waals surface area contributed by atoms with Gasteiger partial charge in [-0.1, -0.05) is 44.5 Å². The van der Waals surface area contributed by atoms with Gasteiger partial charge in [0, 0.05) is 28.3 Å². The standard InChI is InChI=1S/C15H25NOS/c1-4-8-15(16-5-2)12-18(17)11-14-10-7-6-9-13(14)3/h6-7,9-10,15-16H,4-5,8,11-12H2,1-3H3. The molecule has 0 heterocycles. The summed E-state index contributed by atoms with van der Waals surface area (Å²) in [5.41, 5.74) is 2.45. The molecular weight excluding hydrogens is 242 g/mol. The van der Waals surface area contributed by atoms with E-state index in [2.05, 4.69) is 38.2 Å². The molecule has 102 valence electrons. The topological polar surface area (TPSA) is 29.1 Å². The molecule has 2 nitrogen and oxygen atoms in total. The molecule has 18 heavy (non-hydrogen) atoms. The van der Waals surface area contributed by atoms with Crippen molar-refractivity contribution in [1.82, 2.24) is 5.32 Å². The van der Waals surface area contributed by atoms with Crippen molar-refractivity contribution in [3.63, 3.8) is 0 Å². The summed E-state index contributed by atoms with van der Waals surface area (Å²) in [5.74, 6) is 1.44. The fraction of sp³-hybridized carbons (Fsp3) is 0.600. The highest BCUT2D eigenvalue weighted by atomic mass is 32.2. The summed E-state index contributed by atoms with van der Waals surface area (Å²) in [6.07, 6.45) is 2.24. The van der Waals surface area contributed by atoms with Gasteiger partial charge < -0.3 is 5.32 Å². The van der Waals surface area contributed by atoms with Crippen molar-refractivity contribution in [1.29, 1.82) is 0 Å². The first-order valence-electron chi connectivity index (χ1n) is 6.80. The van der Waals surface area contributed by atoms with E-state index in [1.807, 2.05) is 12.1 Å². The first-order valence-corrected chi connectivity index (χ1v) is 8.29. The van der Waals surface area contributed by atoms with Crippen LogP contribution >= 0.6 is 0 Å². The van der Waals surface area contributed by atoms with Crippen LogP contribution in [0.3, 0.4) is 0 Å². The predicted molar refractivity (Wildman–Crippen MR) is 80.3 cm³/mol. The Labute approximate surface area is 114 Å². The van der Waals surface area contributed by atoms with E-state index in [-0.39, 0.29) is 0 Å². The lowest BCUT2D eigenvalue weighted by Crippen LogP contribution is -2.34. The quantitative estimate of drug-likeness (QED) is 0.784. The number of hydrogen-bond acceptors (Lipinski definition) is 2. The van der Waals surface area contributed by atoms with Crippen LogP contribution in [0.15, 0.2) is 24.3 Å². The molecule has 0 aliphatic heterocycles. The minimum atomic E-state index is -0.777. The Balaban J connectivity index is 2.52. The van der Waals surface area contributed by atoms with Gasteiger partial charge in [0.05, 0.1) is 0 Å². The predicted octanol–water partition coefficient (Wildman–Crippen LogP) is 3.02. The summed E-state index contributed by atoms with van der Waals surface area (Å²) in [6.45, 7) is 7.31. The molecule has 0 saturated heterocycles. The maximum atomic E-state index is 12.2. The molecule has 0 aliphatic carbocycles. The molecule has 0 spiro atoms. The molecule has 1 N–H and O–H groups in total. The Morgan fingerprint density at radius 1 is 1.28 bits per heavy atom. The lowest BCUT2D eigenvalue weighted by Gasteiger charge is -2.16. The Kier molecular flexibility index (Phi) is 7.21. The molecule has 2 unspecified atom stereocenters. The number of aryl methyl sites for hydroxylation is 1. The second kappa shape index (κ2) is 8.44. The molecule has 3 heteroatoms. The van der Waals surface area contributed by atoms with Crippen molar-refractivity contribution in [2.24, 2.45) is 0 Å². The first-order chi connectivity index (χ1) is 8.67. The van der Waals surface area contributed by atoms with E-state index in [0.717, 1.165) is 25.1 Å². The van der Waals surface area contributed by atoms with E-state index in [4.69, 9.17) is 0 Å². The van der Waals surface area contributed by atoms with Crippen LogP contribution in [0.25, 0.3) is 0 Å². The van der Waals surface area contributed by atoms with Gasteiger partial charge in [-0.05, 0) is 31.0 Å². The highest BCUT2D eigenvalue weighted by molar-refractivity contribution is 7.84. The van der Waals surface area contributed by atoms with Crippen molar-refractivity contribution in [2.45, 2.75) is 45.4 Å². The van der Waals surface area contributed by atoms with Crippen molar-refractivity contribution < 1.29 is 4.21 Å². The van der Waals surface area contributed by atoms with Gasteiger partial charge >= 0.3 is 0 Å². The molecule has 1 rings (SSSR count). The first kappa shape index (κ1) is 15.4. The van der Waals surface area contributed by atoms with E-state index in [9.17, 15) is 4.21 Å². The highest BCUT2D eigenvalue weighted by Gasteiger charge is 2.11. The molecule has 0 aromatic heterocycles. The van der Waals surface area contributed by atoms with Crippen LogP contribution in [0.1, 0.15) is 37.8 Å². The van der Waals surface area contributed by atoms with Crippen molar-refractivity contribution in [3.05, 3.63) is 35.4 Å². The van der Waals surface area contributed by atoms with E-state index < -0.39 is 10.8 Å². The van der Waals surface area contributed by atoms with Gasteiger partial charge in [0.1, 0.15) is 0 Å². The second-order valence-corrected chi connectivity index (χ2v) is 6.22. The SMILES string of the molecule is CCCC(CS(=O)Cc1ccccc1C)NCC. The molecule has 1 aromatic rings. The molecule has 0 radical (unpaired) electrons. The number of rotatable bonds is 8. The van der Waals surface area contributed by atoms with E-state index in [1.54, 1.807) is 0 Å². The Bertz CT molecular complexity index is 373. The lowest BCUT2D eigenvalue weighted by molar-refractivity contribution is 0.525. The minimum absolute atomic E-state index is 0.393. The van der Waals surface area contributed by atoms with Gasteiger partial charge in [0.15, 0.2) is 0 Å². The molecule has 0 amide bonds. The third-order valence-corrected chi connectivity index (χ3v) is 4.50. The third-order valence-electron chi connectivity index (χ3n) is 3.09. The Hall–Kier alpha value is -0.670. The zero-order valence-electron chi connectivity index (χ0n) is 11.7. The van der Waals surface area contributed by atoms with Gasteiger partial charge in [-0.3, -0.25) is 4.21 Å². The van der Waals surface area contributed by atoms with Crippen LogP contribution in [-0.2, 0) is 16.6 Å².